The highest BCUT2D eigenvalue weighted by atomic mass is 16.6. The van der Waals surface area contributed by atoms with Gasteiger partial charge in [-0.05, 0) is 6.42 Å². The first-order valence-electron chi connectivity index (χ1n) is 3.84. The minimum Gasteiger partial charge on any atom is -0.458 e. The first kappa shape index (κ1) is 6.65. The number of hydrogen-bond donors (Lipinski definition) is 0. The van der Waals surface area contributed by atoms with Gasteiger partial charge in [0.15, 0.2) is 0 Å². The Kier molecular flexibility index (Phi) is 1.34. The van der Waals surface area contributed by atoms with Crippen LogP contribution in [0, 0.1) is 5.92 Å². The predicted octanol–water partition coefficient (Wildman–Crippen LogP) is 1.43. The summed E-state index contributed by atoms with van der Waals surface area (Å²) in [5.41, 5.74) is 0.652. The lowest BCUT2D eigenvalue weighted by atomic mass is 9.88. The Balaban J connectivity index is 2.25. The van der Waals surface area contributed by atoms with Crippen LogP contribution in [0.5, 0.6) is 0 Å². The van der Waals surface area contributed by atoms with E-state index in [1.54, 1.807) is 0 Å². The highest BCUT2D eigenvalue weighted by Crippen LogP contribution is 2.34. The number of esters is 1. The largest absolute Gasteiger partial charge is 0.458 e. The Hall–Kier alpha value is -1.05. The highest BCUT2D eigenvalue weighted by Gasteiger charge is 2.38. The Morgan fingerprint density at radius 3 is 2.91 bits per heavy atom. The molecule has 58 valence electrons. The van der Waals surface area contributed by atoms with Crippen LogP contribution in [-0.2, 0) is 9.53 Å². The summed E-state index contributed by atoms with van der Waals surface area (Å²) in [7, 11) is 0. The third-order valence-electron chi connectivity index (χ3n) is 2.34. The van der Waals surface area contributed by atoms with Crippen molar-refractivity contribution in [1.82, 2.24) is 0 Å². The van der Waals surface area contributed by atoms with E-state index in [4.69, 9.17) is 4.74 Å². The average molecular weight is 150 g/mol. The zero-order chi connectivity index (χ0) is 7.84. The lowest BCUT2D eigenvalue weighted by Gasteiger charge is -2.17. The Morgan fingerprint density at radius 2 is 2.18 bits per heavy atom. The van der Waals surface area contributed by atoms with Gasteiger partial charge in [0.05, 0.1) is 0 Å². The van der Waals surface area contributed by atoms with Gasteiger partial charge in [-0.15, -0.1) is 0 Å². The quantitative estimate of drug-likeness (QED) is 0.296. The van der Waals surface area contributed by atoms with Crippen molar-refractivity contribution in [3.05, 3.63) is 24.3 Å². The molecule has 0 N–H and O–H groups in total. The maximum Gasteiger partial charge on any atom is 0.334 e. The van der Waals surface area contributed by atoms with Gasteiger partial charge in [0, 0.05) is 17.9 Å². The van der Waals surface area contributed by atoms with Crippen LogP contribution >= 0.6 is 0 Å². The van der Waals surface area contributed by atoms with E-state index in [2.05, 4.69) is 18.7 Å². The molecule has 2 atom stereocenters. The van der Waals surface area contributed by atoms with E-state index in [-0.39, 0.29) is 18.0 Å². The molecular formula is C9H10O2. The summed E-state index contributed by atoms with van der Waals surface area (Å²) in [6.07, 6.45) is 6.01. The molecule has 1 fully saturated rings. The van der Waals surface area contributed by atoms with Crippen LogP contribution in [-0.4, -0.2) is 12.1 Å². The number of rotatable bonds is 0. The highest BCUT2D eigenvalue weighted by molar-refractivity contribution is 5.90. The summed E-state index contributed by atoms with van der Waals surface area (Å²) in [6, 6.07) is 0. The van der Waals surface area contributed by atoms with E-state index in [1.165, 1.54) is 0 Å². The average Bonchev–Trinajstić information content (AvgIpc) is 2.30. The van der Waals surface area contributed by atoms with Crippen molar-refractivity contribution in [2.75, 3.05) is 0 Å². The molecule has 2 rings (SSSR count). The fourth-order valence-corrected chi connectivity index (χ4v) is 1.65. The van der Waals surface area contributed by atoms with Gasteiger partial charge in [-0.1, -0.05) is 18.7 Å². The molecule has 2 unspecified atom stereocenters. The predicted molar refractivity (Wildman–Crippen MR) is 40.9 cm³/mol. The number of ether oxygens (including phenoxy) is 1. The standard InChI is InChI=1S/C9H10O2/c1-6-7-4-2-3-5-8(7)11-9(6)10/h2-3,7-8H,1,4-5H2. The minimum atomic E-state index is -0.205. The number of allylic oxidation sites excluding steroid dienone is 1. The molecule has 0 aromatic carbocycles. The van der Waals surface area contributed by atoms with Crippen molar-refractivity contribution in [1.29, 1.82) is 0 Å². The van der Waals surface area contributed by atoms with Gasteiger partial charge in [-0.2, -0.15) is 0 Å². The molecule has 0 spiro atoms. The van der Waals surface area contributed by atoms with E-state index in [9.17, 15) is 4.79 Å². The van der Waals surface area contributed by atoms with Crippen LogP contribution in [0.1, 0.15) is 12.8 Å². The number of hydrogen-bond acceptors (Lipinski definition) is 2. The monoisotopic (exact) mass is 150 g/mol. The first-order valence-corrected chi connectivity index (χ1v) is 3.84. The number of carbonyl (C=O) groups excluding carboxylic acids is 1. The molecule has 11 heavy (non-hydrogen) atoms. The van der Waals surface area contributed by atoms with Gasteiger partial charge >= 0.3 is 5.97 Å². The summed E-state index contributed by atoms with van der Waals surface area (Å²) >= 11 is 0. The molecule has 0 bridgehead atoms. The molecule has 1 heterocycles. The van der Waals surface area contributed by atoms with Crippen molar-refractivity contribution in [3.8, 4) is 0 Å². The van der Waals surface area contributed by atoms with Crippen molar-refractivity contribution in [2.45, 2.75) is 18.9 Å². The van der Waals surface area contributed by atoms with Crippen molar-refractivity contribution < 1.29 is 9.53 Å². The van der Waals surface area contributed by atoms with Gasteiger partial charge in [0.1, 0.15) is 6.10 Å². The summed E-state index contributed by atoms with van der Waals surface area (Å²) in [4.78, 5) is 11.0. The van der Waals surface area contributed by atoms with Crippen LogP contribution in [0.3, 0.4) is 0 Å². The van der Waals surface area contributed by atoms with Crippen LogP contribution in [0.2, 0.25) is 0 Å². The molecule has 2 nitrogen and oxygen atoms in total. The molecule has 0 aromatic heterocycles. The number of fused-ring (bicyclic) bond motifs is 1. The van der Waals surface area contributed by atoms with E-state index in [0.29, 0.717) is 5.57 Å². The summed E-state index contributed by atoms with van der Waals surface area (Å²) in [5, 5.41) is 0. The van der Waals surface area contributed by atoms with Crippen LogP contribution in [0.4, 0.5) is 0 Å². The van der Waals surface area contributed by atoms with Crippen molar-refractivity contribution in [2.24, 2.45) is 5.92 Å². The first-order chi connectivity index (χ1) is 5.29. The van der Waals surface area contributed by atoms with Crippen LogP contribution < -0.4 is 0 Å². The van der Waals surface area contributed by atoms with Gasteiger partial charge < -0.3 is 4.74 Å². The van der Waals surface area contributed by atoms with Gasteiger partial charge in [-0.3, -0.25) is 0 Å². The third kappa shape index (κ3) is 0.897. The zero-order valence-electron chi connectivity index (χ0n) is 6.25. The van der Waals surface area contributed by atoms with Crippen LogP contribution in [0.25, 0.3) is 0 Å². The van der Waals surface area contributed by atoms with Gasteiger partial charge in [0.25, 0.3) is 0 Å². The summed E-state index contributed by atoms with van der Waals surface area (Å²) in [5.74, 6) is 0.0520. The number of carbonyl (C=O) groups is 1. The van der Waals surface area contributed by atoms with E-state index >= 15 is 0 Å². The molecule has 2 heteroatoms. The molecule has 0 saturated carbocycles. The van der Waals surface area contributed by atoms with Gasteiger partial charge in [0.2, 0.25) is 0 Å². The SMILES string of the molecule is C=C1C(=O)OC2CC=CCC12. The Bertz CT molecular complexity index is 240. The molecule has 0 radical (unpaired) electrons. The van der Waals surface area contributed by atoms with Crippen molar-refractivity contribution >= 4 is 5.97 Å². The van der Waals surface area contributed by atoms with Crippen molar-refractivity contribution in [3.63, 3.8) is 0 Å². The molecule has 1 saturated heterocycles. The maximum absolute atomic E-state index is 11.0. The summed E-state index contributed by atoms with van der Waals surface area (Å²) in [6.45, 7) is 3.71. The molecular weight excluding hydrogens is 140 g/mol. The lowest BCUT2D eigenvalue weighted by molar-refractivity contribution is -0.139. The topological polar surface area (TPSA) is 26.3 Å². The van der Waals surface area contributed by atoms with E-state index in [0.717, 1.165) is 12.8 Å². The maximum atomic E-state index is 11.0. The molecule has 0 aromatic rings. The Labute approximate surface area is 65.5 Å². The normalized spacial score (nSPS) is 35.3. The van der Waals surface area contributed by atoms with Crippen LogP contribution in [0.15, 0.2) is 24.3 Å². The molecule has 2 aliphatic rings. The second kappa shape index (κ2) is 2.22. The zero-order valence-corrected chi connectivity index (χ0v) is 6.25. The summed E-state index contributed by atoms with van der Waals surface area (Å²) < 4.78 is 5.09. The fourth-order valence-electron chi connectivity index (χ4n) is 1.65. The minimum absolute atomic E-state index is 0.0833. The molecule has 0 amide bonds. The van der Waals surface area contributed by atoms with Gasteiger partial charge in [-0.25, -0.2) is 4.79 Å². The second-order valence-corrected chi connectivity index (χ2v) is 3.02. The van der Waals surface area contributed by atoms with E-state index in [1.807, 2.05) is 0 Å². The third-order valence-corrected chi connectivity index (χ3v) is 2.34. The lowest BCUT2D eigenvalue weighted by Crippen LogP contribution is -2.17. The smallest absolute Gasteiger partial charge is 0.334 e. The Morgan fingerprint density at radius 1 is 1.45 bits per heavy atom. The van der Waals surface area contributed by atoms with E-state index < -0.39 is 0 Å². The second-order valence-electron chi connectivity index (χ2n) is 3.02. The molecule has 1 aliphatic carbocycles. The fraction of sp³-hybridized carbons (Fsp3) is 0.444. The molecule has 1 aliphatic heterocycles.